The van der Waals surface area contributed by atoms with Gasteiger partial charge in [-0.3, -0.25) is 0 Å². The van der Waals surface area contributed by atoms with Gasteiger partial charge in [0.1, 0.15) is 28.6 Å². The molecule has 0 amide bonds. The van der Waals surface area contributed by atoms with E-state index in [0.717, 1.165) is 28.4 Å². The average molecular weight is 371 g/mol. The summed E-state index contributed by atoms with van der Waals surface area (Å²) < 4.78 is 12.3. The Morgan fingerprint density at radius 1 is 0.667 bits per heavy atom. The molecule has 0 aliphatic heterocycles. The van der Waals surface area contributed by atoms with E-state index in [0.29, 0.717) is 0 Å². The van der Waals surface area contributed by atoms with Crippen LogP contribution in [0, 0.1) is 0 Å². The van der Waals surface area contributed by atoms with Crippen LogP contribution < -0.4 is 9.47 Å². The van der Waals surface area contributed by atoms with Crippen LogP contribution in [0.4, 0.5) is 0 Å². The van der Waals surface area contributed by atoms with Gasteiger partial charge in [0.05, 0.1) is 0 Å². The zero-order valence-electron chi connectivity index (χ0n) is 18.2. The summed E-state index contributed by atoms with van der Waals surface area (Å²) in [5, 5.41) is 10.3. The van der Waals surface area contributed by atoms with Crippen molar-refractivity contribution in [1.29, 1.82) is 0 Å². The quantitative estimate of drug-likeness (QED) is 0.635. The first-order chi connectivity index (χ1) is 12.2. The molecule has 0 fully saturated rings. The van der Waals surface area contributed by atoms with Crippen LogP contribution in [0.2, 0.25) is 0 Å². The van der Waals surface area contributed by atoms with E-state index in [9.17, 15) is 5.11 Å². The molecule has 0 spiro atoms. The van der Waals surface area contributed by atoms with Crippen molar-refractivity contribution in [2.24, 2.45) is 0 Å². The van der Waals surface area contributed by atoms with Crippen LogP contribution >= 0.6 is 0 Å². The molecule has 3 nitrogen and oxygen atoms in total. The van der Waals surface area contributed by atoms with Gasteiger partial charge in [0.25, 0.3) is 0 Å². The van der Waals surface area contributed by atoms with E-state index < -0.39 is 0 Å². The monoisotopic (exact) mass is 370 g/mol. The van der Waals surface area contributed by atoms with Crippen molar-refractivity contribution in [1.82, 2.24) is 0 Å². The third-order valence-electron chi connectivity index (χ3n) is 4.16. The van der Waals surface area contributed by atoms with E-state index in [4.69, 9.17) is 9.47 Å². The Hall–Kier alpha value is -2.16. The molecule has 0 unspecified atom stereocenters. The molecule has 27 heavy (non-hydrogen) atoms. The number of phenols is 1. The first-order valence-corrected chi connectivity index (χ1v) is 9.52. The average Bonchev–Trinajstić information content (AvgIpc) is 2.47. The predicted molar refractivity (Wildman–Crippen MR) is 112 cm³/mol. The Morgan fingerprint density at radius 2 is 1.07 bits per heavy atom. The van der Waals surface area contributed by atoms with Crippen molar-refractivity contribution in [2.75, 3.05) is 0 Å². The van der Waals surface area contributed by atoms with E-state index in [2.05, 4.69) is 41.5 Å². The lowest BCUT2D eigenvalue weighted by Gasteiger charge is -2.30. The molecule has 2 aromatic rings. The number of phenolic OH excluding ortho intramolecular Hbond substituents is 1. The third kappa shape index (κ3) is 5.66. The minimum absolute atomic E-state index is 0.163. The Kier molecular flexibility index (Phi) is 5.56. The fourth-order valence-electron chi connectivity index (χ4n) is 2.88. The first-order valence-electron chi connectivity index (χ1n) is 9.52. The standard InChI is InChI=1S/C24H34O3/c1-22(2,3)19-14-16(25)15-20(23(4,5)6)21(19)26-17-10-12-18(13-11-17)27-24(7,8)9/h10-15,25H,1-9H3. The second-order valence-corrected chi connectivity index (χ2v) is 10.2. The smallest absolute Gasteiger partial charge is 0.135 e. The molecule has 0 atom stereocenters. The van der Waals surface area contributed by atoms with Gasteiger partial charge in [-0.15, -0.1) is 0 Å². The van der Waals surface area contributed by atoms with Gasteiger partial charge in [-0.25, -0.2) is 0 Å². The zero-order valence-corrected chi connectivity index (χ0v) is 18.2. The van der Waals surface area contributed by atoms with Crippen molar-refractivity contribution in [3.05, 3.63) is 47.5 Å². The summed E-state index contributed by atoms with van der Waals surface area (Å²) >= 11 is 0. The minimum atomic E-state index is -0.238. The van der Waals surface area contributed by atoms with Crippen LogP contribution in [-0.2, 0) is 10.8 Å². The SMILES string of the molecule is CC(C)(C)Oc1ccc(Oc2c(C(C)(C)C)cc(O)cc2C(C)(C)C)cc1. The Bertz CT molecular complexity index is 747. The van der Waals surface area contributed by atoms with E-state index in [1.165, 1.54) is 0 Å². The van der Waals surface area contributed by atoms with Gasteiger partial charge in [0.15, 0.2) is 0 Å². The van der Waals surface area contributed by atoms with Gasteiger partial charge in [-0.1, -0.05) is 41.5 Å². The maximum absolute atomic E-state index is 10.3. The van der Waals surface area contributed by atoms with Crippen molar-refractivity contribution in [3.8, 4) is 23.0 Å². The van der Waals surface area contributed by atoms with Crippen LogP contribution in [0.5, 0.6) is 23.0 Å². The van der Waals surface area contributed by atoms with Crippen molar-refractivity contribution in [3.63, 3.8) is 0 Å². The second-order valence-electron chi connectivity index (χ2n) is 10.2. The van der Waals surface area contributed by atoms with Crippen LogP contribution in [0.15, 0.2) is 36.4 Å². The maximum atomic E-state index is 10.3. The van der Waals surface area contributed by atoms with Crippen LogP contribution in [0.25, 0.3) is 0 Å². The van der Waals surface area contributed by atoms with Crippen molar-refractivity contribution >= 4 is 0 Å². The highest BCUT2D eigenvalue weighted by molar-refractivity contribution is 5.54. The molecule has 0 bridgehead atoms. The van der Waals surface area contributed by atoms with E-state index in [1.807, 2.05) is 57.2 Å². The zero-order chi connectivity index (χ0) is 20.6. The lowest BCUT2D eigenvalue weighted by atomic mass is 9.79. The number of aromatic hydroxyl groups is 1. The summed E-state index contributed by atoms with van der Waals surface area (Å²) in [6.07, 6.45) is 0. The molecule has 0 aromatic heterocycles. The normalized spacial score (nSPS) is 12.8. The van der Waals surface area contributed by atoms with Crippen LogP contribution in [0.1, 0.15) is 73.4 Å². The van der Waals surface area contributed by atoms with E-state index in [-0.39, 0.29) is 22.2 Å². The molecule has 0 aliphatic carbocycles. The molecule has 2 rings (SSSR count). The number of hydrogen-bond acceptors (Lipinski definition) is 3. The fourth-order valence-corrected chi connectivity index (χ4v) is 2.88. The van der Waals surface area contributed by atoms with Crippen molar-refractivity contribution in [2.45, 2.75) is 78.7 Å². The predicted octanol–water partition coefficient (Wildman–Crippen LogP) is 6.96. The summed E-state index contributed by atoms with van der Waals surface area (Å²) in [6.45, 7) is 18.8. The number of rotatable bonds is 3. The molecule has 0 saturated carbocycles. The van der Waals surface area contributed by atoms with Gasteiger partial charge >= 0.3 is 0 Å². The van der Waals surface area contributed by atoms with Gasteiger partial charge in [0.2, 0.25) is 0 Å². The van der Waals surface area contributed by atoms with Crippen LogP contribution in [0.3, 0.4) is 0 Å². The lowest BCUT2D eigenvalue weighted by molar-refractivity contribution is 0.131. The van der Waals surface area contributed by atoms with Crippen molar-refractivity contribution < 1.29 is 14.6 Å². The third-order valence-corrected chi connectivity index (χ3v) is 4.16. The first kappa shape index (κ1) is 21.1. The fraction of sp³-hybridized carbons (Fsp3) is 0.500. The van der Waals surface area contributed by atoms with Gasteiger partial charge in [0, 0.05) is 11.1 Å². The largest absolute Gasteiger partial charge is 0.508 e. The van der Waals surface area contributed by atoms with E-state index >= 15 is 0 Å². The topological polar surface area (TPSA) is 38.7 Å². The lowest BCUT2D eigenvalue weighted by Crippen LogP contribution is -2.22. The molecule has 3 heteroatoms. The summed E-state index contributed by atoms with van der Waals surface area (Å²) in [5.41, 5.74) is 1.41. The van der Waals surface area contributed by atoms with E-state index in [1.54, 1.807) is 0 Å². The molecule has 0 aliphatic rings. The molecule has 2 aromatic carbocycles. The molecular formula is C24H34O3. The summed E-state index contributed by atoms with van der Waals surface area (Å²) in [7, 11) is 0. The Morgan fingerprint density at radius 3 is 1.44 bits per heavy atom. The Balaban J connectivity index is 2.48. The number of benzene rings is 2. The molecule has 0 saturated heterocycles. The Labute approximate surface area is 164 Å². The van der Waals surface area contributed by atoms with Crippen LogP contribution in [-0.4, -0.2) is 10.7 Å². The van der Waals surface area contributed by atoms with Gasteiger partial charge < -0.3 is 14.6 Å². The molecule has 148 valence electrons. The van der Waals surface area contributed by atoms with Gasteiger partial charge in [-0.05, 0) is 68.0 Å². The summed E-state index contributed by atoms with van der Waals surface area (Å²) in [4.78, 5) is 0. The molecule has 0 heterocycles. The molecule has 1 N–H and O–H groups in total. The van der Waals surface area contributed by atoms with Gasteiger partial charge in [-0.2, -0.15) is 0 Å². The molecule has 0 radical (unpaired) electrons. The summed E-state index contributed by atoms with van der Waals surface area (Å²) in [6, 6.07) is 11.3. The maximum Gasteiger partial charge on any atom is 0.135 e. The number of ether oxygens (including phenoxy) is 2. The number of hydrogen-bond donors (Lipinski definition) is 1. The minimum Gasteiger partial charge on any atom is -0.508 e. The highest BCUT2D eigenvalue weighted by atomic mass is 16.5. The second kappa shape index (κ2) is 7.10. The summed E-state index contributed by atoms with van der Waals surface area (Å²) in [5.74, 6) is 2.65. The molecular weight excluding hydrogens is 336 g/mol. The highest BCUT2D eigenvalue weighted by Gasteiger charge is 2.28. The highest BCUT2D eigenvalue weighted by Crippen LogP contribution is 2.44.